The van der Waals surface area contributed by atoms with Gasteiger partial charge in [0.1, 0.15) is 5.60 Å². The minimum absolute atomic E-state index is 0.117. The Kier molecular flexibility index (Phi) is 5.76. The molecule has 2 saturated heterocycles. The number of carbonyl (C=O) groups excluding carboxylic acids is 3. The third kappa shape index (κ3) is 4.48. The van der Waals surface area contributed by atoms with Crippen LogP contribution in [0.15, 0.2) is 18.2 Å². The average molecular weight is 482 g/mol. The van der Waals surface area contributed by atoms with E-state index in [4.69, 9.17) is 4.74 Å². The molecule has 0 radical (unpaired) electrons. The number of anilines is 1. The third-order valence-electron chi connectivity index (χ3n) is 7.62. The van der Waals surface area contributed by atoms with Crippen molar-refractivity contribution >= 4 is 34.5 Å². The van der Waals surface area contributed by atoms with Crippen molar-refractivity contribution in [2.75, 3.05) is 11.9 Å². The summed E-state index contributed by atoms with van der Waals surface area (Å²) in [5.74, 6) is -0.906. The normalized spacial score (nSPS) is 24.3. The molecule has 3 fully saturated rings. The molecule has 1 aromatic heterocycles. The first kappa shape index (κ1) is 23.6. The number of fused-ring (bicyclic) bond motifs is 1. The zero-order valence-corrected chi connectivity index (χ0v) is 21.0. The van der Waals surface area contributed by atoms with Crippen LogP contribution >= 0.6 is 0 Å². The molecule has 3 amide bonds. The molecule has 1 aromatic carbocycles. The van der Waals surface area contributed by atoms with Gasteiger partial charge in [-0.05, 0) is 77.5 Å². The van der Waals surface area contributed by atoms with E-state index in [-0.39, 0.29) is 29.5 Å². The van der Waals surface area contributed by atoms with Crippen molar-refractivity contribution in [3.63, 3.8) is 0 Å². The molecular formula is C26H35N5O4. The van der Waals surface area contributed by atoms with Gasteiger partial charge in [-0.3, -0.25) is 19.6 Å². The highest BCUT2D eigenvalue weighted by Crippen LogP contribution is 2.45. The van der Waals surface area contributed by atoms with Crippen LogP contribution in [0.25, 0.3) is 10.9 Å². The van der Waals surface area contributed by atoms with Gasteiger partial charge in [0.25, 0.3) is 0 Å². The summed E-state index contributed by atoms with van der Waals surface area (Å²) in [6.45, 7) is 6.41. The van der Waals surface area contributed by atoms with E-state index in [0.717, 1.165) is 54.4 Å². The molecule has 1 aliphatic carbocycles. The van der Waals surface area contributed by atoms with Crippen molar-refractivity contribution in [1.82, 2.24) is 20.0 Å². The molecule has 2 aliphatic heterocycles. The second kappa shape index (κ2) is 8.53. The molecule has 3 aliphatic rings. The minimum atomic E-state index is -0.498. The van der Waals surface area contributed by atoms with Crippen LogP contribution < -0.4 is 10.6 Å². The number of imide groups is 1. The maximum absolute atomic E-state index is 12.9. The van der Waals surface area contributed by atoms with Gasteiger partial charge >= 0.3 is 6.09 Å². The number of carbonyl (C=O) groups is 3. The number of aryl methyl sites for hydroxylation is 1. The van der Waals surface area contributed by atoms with Crippen molar-refractivity contribution in [1.29, 1.82) is 0 Å². The summed E-state index contributed by atoms with van der Waals surface area (Å²) >= 11 is 0. The number of piperidine rings is 2. The van der Waals surface area contributed by atoms with Crippen LogP contribution in [-0.2, 0) is 21.4 Å². The monoisotopic (exact) mass is 481 g/mol. The number of ether oxygens (including phenoxy) is 1. The molecule has 2 unspecified atom stereocenters. The smallest absolute Gasteiger partial charge is 0.410 e. The Hall–Kier alpha value is -3.10. The molecule has 2 atom stereocenters. The van der Waals surface area contributed by atoms with Gasteiger partial charge in [0, 0.05) is 42.7 Å². The Bertz CT molecular complexity index is 1180. The number of benzene rings is 1. The largest absolute Gasteiger partial charge is 0.444 e. The third-order valence-corrected chi connectivity index (χ3v) is 7.62. The first-order valence-corrected chi connectivity index (χ1v) is 12.6. The summed E-state index contributed by atoms with van der Waals surface area (Å²) in [6.07, 6.45) is 5.53. The average Bonchev–Trinajstić information content (AvgIpc) is 3.07. The number of hydrogen-bond donors (Lipinski definition) is 2. The van der Waals surface area contributed by atoms with E-state index in [0.29, 0.717) is 19.4 Å². The number of rotatable bonds is 3. The van der Waals surface area contributed by atoms with E-state index in [1.54, 1.807) is 4.68 Å². The van der Waals surface area contributed by atoms with E-state index in [1.807, 2.05) is 44.9 Å². The zero-order valence-electron chi connectivity index (χ0n) is 21.0. The number of hydrogen-bond acceptors (Lipinski definition) is 6. The van der Waals surface area contributed by atoms with E-state index >= 15 is 0 Å². The Balaban J connectivity index is 1.32. The summed E-state index contributed by atoms with van der Waals surface area (Å²) in [4.78, 5) is 38.8. The van der Waals surface area contributed by atoms with Gasteiger partial charge in [-0.25, -0.2) is 4.79 Å². The lowest BCUT2D eigenvalue weighted by Gasteiger charge is -2.54. The fraction of sp³-hybridized carbons (Fsp3) is 0.615. The molecule has 3 heterocycles. The maximum Gasteiger partial charge on any atom is 0.410 e. The Morgan fingerprint density at radius 1 is 1.23 bits per heavy atom. The van der Waals surface area contributed by atoms with Gasteiger partial charge in [-0.1, -0.05) is 0 Å². The molecule has 5 rings (SSSR count). The van der Waals surface area contributed by atoms with Gasteiger partial charge in [-0.15, -0.1) is 0 Å². The van der Waals surface area contributed by atoms with Gasteiger partial charge in [0.05, 0.1) is 17.1 Å². The van der Waals surface area contributed by atoms with Crippen LogP contribution in [0, 0.1) is 0 Å². The van der Waals surface area contributed by atoms with Crippen LogP contribution in [-0.4, -0.2) is 56.3 Å². The molecule has 9 heteroatoms. The lowest BCUT2D eigenvalue weighted by molar-refractivity contribution is -0.134. The molecule has 188 valence electrons. The summed E-state index contributed by atoms with van der Waals surface area (Å²) in [5, 5.41) is 11.7. The fourth-order valence-corrected chi connectivity index (χ4v) is 5.80. The molecule has 0 bridgehead atoms. The van der Waals surface area contributed by atoms with Gasteiger partial charge in [0.2, 0.25) is 11.8 Å². The predicted octanol–water partition coefficient (Wildman–Crippen LogP) is 3.83. The summed E-state index contributed by atoms with van der Waals surface area (Å²) in [6, 6.07) is 6.38. The van der Waals surface area contributed by atoms with Crippen LogP contribution in [0.1, 0.15) is 77.3 Å². The van der Waals surface area contributed by atoms with Crippen molar-refractivity contribution in [3.8, 4) is 0 Å². The molecule has 1 spiro atoms. The van der Waals surface area contributed by atoms with E-state index in [9.17, 15) is 14.4 Å². The van der Waals surface area contributed by atoms with E-state index < -0.39 is 11.5 Å². The molecule has 2 N–H and O–H groups in total. The zero-order chi connectivity index (χ0) is 25.0. The molecule has 9 nitrogen and oxygen atoms in total. The Labute approximate surface area is 205 Å². The summed E-state index contributed by atoms with van der Waals surface area (Å²) < 4.78 is 7.50. The highest BCUT2D eigenvalue weighted by molar-refractivity contribution is 6.02. The minimum Gasteiger partial charge on any atom is -0.444 e. The topological polar surface area (TPSA) is 106 Å². The Morgan fingerprint density at radius 3 is 2.66 bits per heavy atom. The van der Waals surface area contributed by atoms with Gasteiger partial charge in [-0.2, -0.15) is 5.10 Å². The van der Waals surface area contributed by atoms with Gasteiger partial charge in [0.15, 0.2) is 0 Å². The van der Waals surface area contributed by atoms with Crippen molar-refractivity contribution in [3.05, 3.63) is 23.9 Å². The number of amides is 3. The van der Waals surface area contributed by atoms with Crippen LogP contribution in [0.5, 0.6) is 0 Å². The van der Waals surface area contributed by atoms with Crippen LogP contribution in [0.2, 0.25) is 0 Å². The lowest BCUT2D eigenvalue weighted by Crippen LogP contribution is -2.62. The number of likely N-dealkylation sites (tertiary alicyclic amines) is 1. The molecule has 1 saturated carbocycles. The van der Waals surface area contributed by atoms with E-state index in [2.05, 4.69) is 21.8 Å². The highest BCUT2D eigenvalue weighted by Gasteiger charge is 2.49. The standard InChI is InChI=1S/C26H35N5O4/c1-25(2,3)35-24(34)31-13-10-17(15-26(31)11-5-12-26)27-16-6-7-18-20(14-16)30(4)29-22(18)19-8-9-21(32)28-23(19)33/h6-7,14,17,19,27H,5,8-13,15H2,1-4H3,(H,28,32,33). The second-order valence-electron chi connectivity index (χ2n) is 11.3. The Morgan fingerprint density at radius 2 is 2.00 bits per heavy atom. The van der Waals surface area contributed by atoms with Crippen molar-refractivity contribution in [2.45, 2.75) is 88.8 Å². The maximum atomic E-state index is 12.9. The SMILES string of the molecule is Cn1nc(C2CCC(=O)NC2=O)c2ccc(NC3CCN(C(=O)OC(C)(C)C)C4(CCC4)C3)cc21. The summed E-state index contributed by atoms with van der Waals surface area (Å²) in [5.41, 5.74) is 2.05. The quantitative estimate of drug-likeness (QED) is 0.646. The number of nitrogens with zero attached hydrogens (tertiary/aromatic N) is 3. The van der Waals surface area contributed by atoms with Crippen molar-refractivity contribution < 1.29 is 19.1 Å². The predicted molar refractivity (Wildman–Crippen MR) is 132 cm³/mol. The van der Waals surface area contributed by atoms with Crippen LogP contribution in [0.3, 0.4) is 0 Å². The van der Waals surface area contributed by atoms with Crippen molar-refractivity contribution in [2.24, 2.45) is 7.05 Å². The fourth-order valence-electron chi connectivity index (χ4n) is 5.80. The number of aromatic nitrogens is 2. The van der Waals surface area contributed by atoms with Gasteiger partial charge < -0.3 is 15.0 Å². The van der Waals surface area contributed by atoms with Crippen LogP contribution in [0.4, 0.5) is 10.5 Å². The molecule has 2 aromatic rings. The second-order valence-corrected chi connectivity index (χ2v) is 11.3. The lowest BCUT2D eigenvalue weighted by atomic mass is 9.69. The molecular weight excluding hydrogens is 446 g/mol. The van der Waals surface area contributed by atoms with E-state index in [1.165, 1.54) is 0 Å². The first-order valence-electron chi connectivity index (χ1n) is 12.6. The number of nitrogens with one attached hydrogen (secondary N) is 2. The first-order chi connectivity index (χ1) is 16.5. The summed E-state index contributed by atoms with van der Waals surface area (Å²) in [7, 11) is 1.88. The highest BCUT2D eigenvalue weighted by atomic mass is 16.6. The molecule has 35 heavy (non-hydrogen) atoms.